The number of aliphatic hydroxyl groups excluding tert-OH is 1. The van der Waals surface area contributed by atoms with E-state index in [-0.39, 0.29) is 38.1 Å². The molecule has 9 nitrogen and oxygen atoms in total. The van der Waals surface area contributed by atoms with Crippen molar-refractivity contribution in [3.8, 4) is 5.75 Å². The molecule has 2 bridgehead atoms. The van der Waals surface area contributed by atoms with Gasteiger partial charge in [-0.25, -0.2) is 8.42 Å². The third-order valence-electron chi connectivity index (χ3n) is 7.95. The Morgan fingerprint density at radius 3 is 2.49 bits per heavy atom. The number of halogens is 5. The number of nitrogens with zero attached hydrogens (tertiary/aromatic N) is 1. The maximum Gasteiger partial charge on any atom is 0.390 e. The fraction of sp³-hybridized carbons (Fsp3) is 0.500. The minimum absolute atomic E-state index is 0.0237. The van der Waals surface area contributed by atoms with Crippen molar-refractivity contribution in [2.24, 2.45) is 0 Å². The first-order valence-electron chi connectivity index (χ1n) is 14.3. The number of methoxy groups -OCH3 is 1. The van der Waals surface area contributed by atoms with E-state index in [9.17, 15) is 31.5 Å². The van der Waals surface area contributed by atoms with Gasteiger partial charge in [-0.2, -0.15) is 17.5 Å². The number of ether oxygens (including phenoxy) is 2. The summed E-state index contributed by atoms with van der Waals surface area (Å²) in [6.45, 7) is 0.165. The van der Waals surface area contributed by atoms with Gasteiger partial charge in [0.2, 0.25) is 15.9 Å². The molecular weight excluding hydrogens is 658 g/mol. The number of rotatable bonds is 7. The number of β-amino-alcohol motifs (C(OH)–C–C–N with tert-alkyl or cyclic N) is 1. The second kappa shape index (κ2) is 15.0. The molecule has 1 aliphatic heterocycles. The topological polar surface area (TPSA) is 117 Å². The highest BCUT2D eigenvalue weighted by molar-refractivity contribution is 7.89. The van der Waals surface area contributed by atoms with Gasteiger partial charge in [-0.3, -0.25) is 4.79 Å². The van der Waals surface area contributed by atoms with Crippen molar-refractivity contribution in [3.63, 3.8) is 0 Å². The van der Waals surface area contributed by atoms with Crippen LogP contribution in [0.2, 0.25) is 10.0 Å². The Labute approximate surface area is 270 Å². The predicted molar refractivity (Wildman–Crippen MR) is 165 cm³/mol. The Morgan fingerprint density at radius 1 is 1.11 bits per heavy atom. The number of hydrogen-bond donors (Lipinski definition) is 3. The minimum Gasteiger partial charge on any atom is -0.497 e. The molecule has 248 valence electrons. The summed E-state index contributed by atoms with van der Waals surface area (Å²) in [7, 11) is -1.85. The van der Waals surface area contributed by atoms with E-state index < -0.39 is 52.5 Å². The van der Waals surface area contributed by atoms with Gasteiger partial charge in [0, 0.05) is 29.7 Å². The fourth-order valence-electron chi connectivity index (χ4n) is 5.51. The molecule has 2 aromatic carbocycles. The van der Waals surface area contributed by atoms with Gasteiger partial charge in [-0.1, -0.05) is 41.4 Å². The molecule has 1 aliphatic carbocycles. The van der Waals surface area contributed by atoms with Crippen molar-refractivity contribution in [2.75, 3.05) is 33.1 Å². The second-order valence-electron chi connectivity index (χ2n) is 11.1. The van der Waals surface area contributed by atoms with E-state index in [1.54, 1.807) is 31.4 Å². The number of carbonyl (C=O) groups excluding carboxylic acids is 1. The van der Waals surface area contributed by atoms with Gasteiger partial charge in [-0.05, 0) is 66.3 Å². The summed E-state index contributed by atoms with van der Waals surface area (Å²) in [5.74, 6) is -1.34. The molecule has 2 aliphatic rings. The molecule has 0 saturated carbocycles. The zero-order valence-electron chi connectivity index (χ0n) is 24.7. The second-order valence-corrected chi connectivity index (χ2v) is 14.1. The summed E-state index contributed by atoms with van der Waals surface area (Å²) >= 11 is 12.4. The van der Waals surface area contributed by atoms with Gasteiger partial charge in [0.15, 0.2) is 0 Å². The van der Waals surface area contributed by atoms with Crippen LogP contribution < -0.4 is 15.4 Å². The van der Waals surface area contributed by atoms with E-state index >= 15 is 0 Å². The number of hydrogen-bond acceptors (Lipinski definition) is 7. The summed E-state index contributed by atoms with van der Waals surface area (Å²) in [6, 6.07) is 7.89. The highest BCUT2D eigenvalue weighted by Gasteiger charge is 2.37. The molecule has 45 heavy (non-hydrogen) atoms. The number of carbonyl (C=O) groups is 1. The number of likely N-dealkylation sites (N-methyl/N-ethyl adjacent to an activating group) is 1. The van der Waals surface area contributed by atoms with Gasteiger partial charge in [-0.15, -0.1) is 0 Å². The van der Waals surface area contributed by atoms with Crippen LogP contribution in [0.5, 0.6) is 5.75 Å². The van der Waals surface area contributed by atoms with Crippen molar-refractivity contribution < 1.29 is 41.0 Å². The van der Waals surface area contributed by atoms with Crippen molar-refractivity contribution in [1.29, 1.82) is 0 Å². The van der Waals surface area contributed by atoms with Crippen LogP contribution in [0.15, 0.2) is 48.6 Å². The third-order valence-corrected chi connectivity index (χ3v) is 10.2. The number of alkyl halides is 3. The third kappa shape index (κ3) is 9.57. The molecule has 5 atom stereocenters. The molecule has 3 N–H and O–H groups in total. The Kier molecular flexibility index (Phi) is 11.8. The molecular formula is C30H36Cl2F3N3O6S. The van der Waals surface area contributed by atoms with Crippen molar-refractivity contribution in [2.45, 2.75) is 62.2 Å². The summed E-state index contributed by atoms with van der Waals surface area (Å²) in [5, 5.41) is 18.2. The number of amides is 1. The molecule has 0 saturated heterocycles. The van der Waals surface area contributed by atoms with E-state index in [4.69, 9.17) is 32.7 Å². The first kappa shape index (κ1) is 35.5. The molecule has 4 rings (SSSR count). The molecule has 0 spiro atoms. The van der Waals surface area contributed by atoms with E-state index in [0.29, 0.717) is 32.1 Å². The molecule has 2 aromatic rings. The van der Waals surface area contributed by atoms with Gasteiger partial charge in [0.05, 0.1) is 44.1 Å². The predicted octanol–water partition coefficient (Wildman–Crippen LogP) is 4.73. The maximum atomic E-state index is 13.7. The first-order chi connectivity index (χ1) is 21.2. The molecule has 1 heterocycles. The van der Waals surface area contributed by atoms with Crippen molar-refractivity contribution in [1.82, 2.24) is 14.9 Å². The molecule has 0 radical (unpaired) electrons. The average molecular weight is 695 g/mol. The van der Waals surface area contributed by atoms with Crippen molar-refractivity contribution in [3.05, 3.63) is 75.3 Å². The van der Waals surface area contributed by atoms with E-state index in [0.717, 1.165) is 18.2 Å². The molecule has 1 amide bonds. The lowest BCUT2D eigenvalue weighted by atomic mass is 9.99. The number of benzene rings is 2. The van der Waals surface area contributed by atoms with Gasteiger partial charge in [0.25, 0.3) is 0 Å². The molecule has 15 heteroatoms. The monoisotopic (exact) mass is 693 g/mol. The Balaban J connectivity index is 1.66. The van der Waals surface area contributed by atoms with Crippen LogP contribution in [0.3, 0.4) is 0 Å². The Hall–Kier alpha value is -2.39. The zero-order valence-corrected chi connectivity index (χ0v) is 27.0. The summed E-state index contributed by atoms with van der Waals surface area (Å²) in [6.07, 6.45) is -4.05. The number of nitrogens with one attached hydrogen (secondary N) is 2. The number of aliphatic hydroxyl groups is 1. The summed E-state index contributed by atoms with van der Waals surface area (Å²) in [4.78, 5) is 13.7. The fourth-order valence-corrected chi connectivity index (χ4v) is 7.43. The van der Waals surface area contributed by atoms with Crippen LogP contribution in [-0.4, -0.2) is 81.2 Å². The van der Waals surface area contributed by atoms with E-state index in [2.05, 4.69) is 10.6 Å². The number of fused-ring (bicyclic) bond motifs is 5. The summed E-state index contributed by atoms with van der Waals surface area (Å²) < 4.78 is 76.6. The standard InChI is InChI=1S/C30H36Cl2F3N3O6S/c1-38(45(41,42)10-8-30(33,34)35)26-5-3-4-9-44-28-16-24(23-15-21(43-2)6-7-22(23)28)36-17-27(39)25(37-29(26)40)13-18-11-19(31)14-20(32)12-18/h3-4,6-7,11-12,14-15,24-28,36,39H,5,8-10,13,16-17H2,1-2H3,(H,37,40)/b4-3+/t24-,25+,26-,27-,28+/m1/s1. The van der Waals surface area contributed by atoms with Gasteiger partial charge >= 0.3 is 6.18 Å². The van der Waals surface area contributed by atoms with Gasteiger partial charge < -0.3 is 25.2 Å². The number of sulfonamides is 1. The van der Waals surface area contributed by atoms with Crippen molar-refractivity contribution >= 4 is 39.1 Å². The zero-order chi connectivity index (χ0) is 32.9. The Bertz CT molecular complexity index is 1470. The lowest BCUT2D eigenvalue weighted by Gasteiger charge is -2.31. The molecule has 0 fully saturated rings. The van der Waals surface area contributed by atoms with Crippen LogP contribution in [-0.2, 0) is 26.0 Å². The normalized spacial score (nSPS) is 25.6. The van der Waals surface area contributed by atoms with Crippen LogP contribution in [0.1, 0.15) is 48.1 Å². The van der Waals surface area contributed by atoms with Crippen LogP contribution >= 0.6 is 23.2 Å². The molecule has 0 unspecified atom stereocenters. The lowest BCUT2D eigenvalue weighted by molar-refractivity contribution is -0.130. The molecule has 0 aromatic heterocycles. The van der Waals surface area contributed by atoms with Crippen LogP contribution in [0.4, 0.5) is 13.2 Å². The van der Waals surface area contributed by atoms with Crippen LogP contribution in [0, 0.1) is 0 Å². The highest BCUT2D eigenvalue weighted by atomic mass is 35.5. The first-order valence-corrected chi connectivity index (χ1v) is 16.7. The minimum atomic E-state index is -4.70. The SMILES string of the molecule is COc1ccc2c(c1)[C@H]1C[C@@H]2OC/C=C/C[C@@H](N(C)S(=O)(=O)CCC(F)(F)F)C(=O)N[C@@H](Cc2cc(Cl)cc(Cl)c2)[C@H](O)CN1. The van der Waals surface area contributed by atoms with Gasteiger partial charge in [0.1, 0.15) is 11.8 Å². The smallest absolute Gasteiger partial charge is 0.390 e. The maximum absolute atomic E-state index is 13.7. The van der Waals surface area contributed by atoms with E-state index in [1.165, 1.54) is 6.07 Å². The largest absolute Gasteiger partial charge is 0.497 e. The quantitative estimate of drug-likeness (QED) is 0.359. The van der Waals surface area contributed by atoms with Crippen LogP contribution in [0.25, 0.3) is 0 Å². The Morgan fingerprint density at radius 2 is 1.82 bits per heavy atom. The average Bonchev–Trinajstić information content (AvgIpc) is 3.31. The summed E-state index contributed by atoms with van der Waals surface area (Å²) in [5.41, 5.74) is 2.51. The highest BCUT2D eigenvalue weighted by Crippen LogP contribution is 2.42. The lowest BCUT2D eigenvalue weighted by Crippen LogP contribution is -2.55. The van der Waals surface area contributed by atoms with E-state index in [1.807, 2.05) is 18.2 Å².